The highest BCUT2D eigenvalue weighted by Gasteiger charge is 2.22. The minimum Gasteiger partial charge on any atom is -0.371 e. The number of benzene rings is 2. The lowest BCUT2D eigenvalue weighted by Crippen LogP contribution is -2.18. The number of fused-ring (bicyclic) bond motifs is 1. The first-order valence-corrected chi connectivity index (χ1v) is 13.0. The quantitative estimate of drug-likeness (QED) is 0.141. The molecule has 1 atom stereocenters. The average Bonchev–Trinajstić information content (AvgIpc) is 3.67. The van der Waals surface area contributed by atoms with Gasteiger partial charge in [0.25, 0.3) is 10.1 Å². The number of rotatable bonds is 11. The monoisotopic (exact) mass is 524 g/mol. The molecule has 3 heterocycles. The molecule has 0 aliphatic carbocycles. The van der Waals surface area contributed by atoms with Gasteiger partial charge in [0.1, 0.15) is 12.2 Å². The zero-order chi connectivity index (χ0) is 25.8. The first-order chi connectivity index (χ1) is 17.8. The van der Waals surface area contributed by atoms with Crippen molar-refractivity contribution in [2.75, 3.05) is 46.7 Å². The summed E-state index contributed by atoms with van der Waals surface area (Å²) in [5, 5.41) is 14.2. The number of epoxide rings is 1. The summed E-state index contributed by atoms with van der Waals surface area (Å²) in [6, 6.07) is 11.5. The molecule has 1 saturated heterocycles. The van der Waals surface area contributed by atoms with Crippen LogP contribution in [0.4, 0.5) is 35.2 Å². The van der Waals surface area contributed by atoms with Crippen LogP contribution in [0.2, 0.25) is 0 Å². The smallest absolute Gasteiger partial charge is 0.266 e. The van der Waals surface area contributed by atoms with Gasteiger partial charge in [-0.05, 0) is 19.1 Å². The third kappa shape index (κ3) is 6.72. The number of anilines is 6. The first kappa shape index (κ1) is 24.5. The average molecular weight is 525 g/mol. The Balaban J connectivity index is 1.42. The molecule has 0 radical (unpaired) electrons. The van der Waals surface area contributed by atoms with E-state index in [0.29, 0.717) is 24.9 Å². The molecule has 1 fully saturated rings. The van der Waals surface area contributed by atoms with E-state index in [1.54, 1.807) is 6.92 Å². The Kier molecular flexibility index (Phi) is 6.89. The molecule has 5 rings (SSSR count). The molecule has 14 nitrogen and oxygen atoms in total. The SMILES string of the molecule is Cc1ncnc(Nc2cccc3c(Nc4nc(NCCS(=O)(=O)O)nc(NCC5CO5)n4)cccc23)n1. The van der Waals surface area contributed by atoms with Gasteiger partial charge >= 0.3 is 0 Å². The fourth-order valence-electron chi connectivity index (χ4n) is 3.48. The summed E-state index contributed by atoms with van der Waals surface area (Å²) in [5.41, 5.74) is 1.54. The van der Waals surface area contributed by atoms with Crippen LogP contribution in [0.1, 0.15) is 5.82 Å². The van der Waals surface area contributed by atoms with Gasteiger partial charge in [-0.1, -0.05) is 24.3 Å². The molecule has 0 saturated carbocycles. The van der Waals surface area contributed by atoms with Crippen LogP contribution in [-0.4, -0.2) is 74.4 Å². The summed E-state index contributed by atoms with van der Waals surface area (Å²) in [6.07, 6.45) is 1.55. The zero-order valence-electron chi connectivity index (χ0n) is 19.7. The fourth-order valence-corrected chi connectivity index (χ4v) is 3.84. The minimum absolute atomic E-state index is 0.0761. The molecule has 192 valence electrons. The predicted molar refractivity (Wildman–Crippen MR) is 138 cm³/mol. The van der Waals surface area contributed by atoms with Gasteiger partial charge in [-0.15, -0.1) is 0 Å². The van der Waals surface area contributed by atoms with Gasteiger partial charge in [-0.3, -0.25) is 4.55 Å². The van der Waals surface area contributed by atoms with Crippen LogP contribution >= 0.6 is 0 Å². The largest absolute Gasteiger partial charge is 0.371 e. The van der Waals surface area contributed by atoms with Crippen LogP contribution in [0.3, 0.4) is 0 Å². The highest BCUT2D eigenvalue weighted by atomic mass is 32.2. The van der Waals surface area contributed by atoms with E-state index in [2.05, 4.69) is 51.2 Å². The molecule has 5 N–H and O–H groups in total. The van der Waals surface area contributed by atoms with Gasteiger partial charge < -0.3 is 26.0 Å². The Bertz CT molecular complexity index is 1530. The van der Waals surface area contributed by atoms with Crippen LogP contribution in [0.5, 0.6) is 0 Å². The van der Waals surface area contributed by atoms with Crippen molar-refractivity contribution in [1.82, 2.24) is 29.9 Å². The number of aromatic nitrogens is 6. The van der Waals surface area contributed by atoms with E-state index in [1.807, 2.05) is 36.4 Å². The number of ether oxygens (including phenoxy) is 1. The van der Waals surface area contributed by atoms with Crippen molar-refractivity contribution < 1.29 is 17.7 Å². The molecule has 15 heteroatoms. The second-order valence-electron chi connectivity index (χ2n) is 8.17. The van der Waals surface area contributed by atoms with Gasteiger partial charge in [-0.25, -0.2) is 9.97 Å². The molecule has 1 unspecified atom stereocenters. The third-order valence-electron chi connectivity index (χ3n) is 5.28. The first-order valence-electron chi connectivity index (χ1n) is 11.3. The van der Waals surface area contributed by atoms with E-state index in [9.17, 15) is 8.42 Å². The van der Waals surface area contributed by atoms with E-state index < -0.39 is 15.9 Å². The molecule has 4 aromatic rings. The molecule has 37 heavy (non-hydrogen) atoms. The molecular formula is C22H24N10O4S. The van der Waals surface area contributed by atoms with Crippen molar-refractivity contribution in [3.63, 3.8) is 0 Å². The van der Waals surface area contributed by atoms with E-state index in [-0.39, 0.29) is 30.5 Å². The molecular weight excluding hydrogens is 500 g/mol. The van der Waals surface area contributed by atoms with E-state index in [0.717, 1.165) is 22.1 Å². The Labute approximate surface area is 212 Å². The lowest BCUT2D eigenvalue weighted by Gasteiger charge is -2.14. The number of nitrogens with zero attached hydrogens (tertiary/aromatic N) is 6. The van der Waals surface area contributed by atoms with Gasteiger partial charge in [0.05, 0.1) is 18.5 Å². The molecule has 1 aliphatic rings. The Morgan fingerprint density at radius 3 is 2.14 bits per heavy atom. The molecule has 0 bridgehead atoms. The normalized spacial score (nSPS) is 14.8. The number of aryl methyl sites for hydroxylation is 1. The predicted octanol–water partition coefficient (Wildman–Crippen LogP) is 2.12. The molecule has 2 aromatic carbocycles. The van der Waals surface area contributed by atoms with Crippen LogP contribution in [0.25, 0.3) is 10.8 Å². The van der Waals surface area contributed by atoms with E-state index >= 15 is 0 Å². The lowest BCUT2D eigenvalue weighted by atomic mass is 10.1. The van der Waals surface area contributed by atoms with E-state index in [1.165, 1.54) is 6.33 Å². The Morgan fingerprint density at radius 1 is 0.892 bits per heavy atom. The fraction of sp³-hybridized carbons (Fsp3) is 0.273. The maximum absolute atomic E-state index is 11.1. The number of hydrogen-bond acceptors (Lipinski definition) is 13. The van der Waals surface area contributed by atoms with Crippen molar-refractivity contribution in [2.24, 2.45) is 0 Å². The minimum atomic E-state index is -4.13. The van der Waals surface area contributed by atoms with Crippen LogP contribution in [0.15, 0.2) is 42.7 Å². The molecule has 2 aromatic heterocycles. The summed E-state index contributed by atoms with van der Waals surface area (Å²) in [5.74, 6) is 1.23. The van der Waals surface area contributed by atoms with Crippen molar-refractivity contribution in [3.05, 3.63) is 48.5 Å². The topological polar surface area (TPSA) is 192 Å². The summed E-state index contributed by atoms with van der Waals surface area (Å²) in [7, 11) is -4.13. The van der Waals surface area contributed by atoms with Crippen molar-refractivity contribution in [3.8, 4) is 0 Å². The van der Waals surface area contributed by atoms with Crippen LogP contribution in [0, 0.1) is 6.92 Å². The molecule has 0 spiro atoms. The van der Waals surface area contributed by atoms with Gasteiger partial charge in [-0.2, -0.15) is 28.4 Å². The second kappa shape index (κ2) is 10.4. The van der Waals surface area contributed by atoms with Crippen LogP contribution < -0.4 is 21.3 Å². The Morgan fingerprint density at radius 2 is 1.51 bits per heavy atom. The highest BCUT2D eigenvalue weighted by molar-refractivity contribution is 7.85. The number of nitrogens with one attached hydrogen (secondary N) is 4. The Hall–Kier alpha value is -4.21. The van der Waals surface area contributed by atoms with Gasteiger partial charge in [0.2, 0.25) is 23.8 Å². The summed E-state index contributed by atoms with van der Waals surface area (Å²) in [6.45, 7) is 2.90. The van der Waals surface area contributed by atoms with Crippen LogP contribution in [-0.2, 0) is 14.9 Å². The third-order valence-corrected chi connectivity index (χ3v) is 6.00. The van der Waals surface area contributed by atoms with Crippen molar-refractivity contribution in [2.45, 2.75) is 13.0 Å². The highest BCUT2D eigenvalue weighted by Crippen LogP contribution is 2.31. The molecule has 1 aliphatic heterocycles. The standard InChI is InChI=1S/C22H24N10O4S/c1-13-25-12-26-21(27-13)28-17-6-2-5-16-15(17)4-3-7-18(16)29-22-31-19(23-8-9-37(33,34)35)30-20(32-22)24-10-14-11-36-14/h2-7,12,14H,8-11H2,1H3,(H,33,34,35)(H,25,26,27,28)(H3,23,24,29,30,31,32). The molecule has 0 amide bonds. The summed E-state index contributed by atoms with van der Waals surface area (Å²) in [4.78, 5) is 25.6. The zero-order valence-corrected chi connectivity index (χ0v) is 20.5. The van der Waals surface area contributed by atoms with Crippen molar-refractivity contribution in [1.29, 1.82) is 0 Å². The lowest BCUT2D eigenvalue weighted by molar-refractivity contribution is 0.416. The maximum Gasteiger partial charge on any atom is 0.266 e. The summed E-state index contributed by atoms with van der Waals surface area (Å²) >= 11 is 0. The van der Waals surface area contributed by atoms with E-state index in [4.69, 9.17) is 9.29 Å². The van der Waals surface area contributed by atoms with Crippen molar-refractivity contribution >= 4 is 56.1 Å². The second-order valence-corrected chi connectivity index (χ2v) is 9.74. The number of hydrogen-bond donors (Lipinski definition) is 5. The summed E-state index contributed by atoms with van der Waals surface area (Å²) < 4.78 is 36.4. The maximum atomic E-state index is 11.1. The van der Waals surface area contributed by atoms with Gasteiger partial charge in [0, 0.05) is 35.2 Å². The van der Waals surface area contributed by atoms with Gasteiger partial charge in [0.15, 0.2) is 0 Å².